The highest BCUT2D eigenvalue weighted by Crippen LogP contribution is 2.31. The third kappa shape index (κ3) is 4.31. The molecule has 1 aromatic carbocycles. The SMILES string of the molecule is CC(C)Cc1ccc(Cl)c(OC(F)(F)F)c1. The van der Waals surface area contributed by atoms with Crippen molar-refractivity contribution < 1.29 is 17.9 Å². The molecule has 0 aliphatic heterocycles. The van der Waals surface area contributed by atoms with Crippen molar-refractivity contribution in [2.45, 2.75) is 26.6 Å². The zero-order chi connectivity index (χ0) is 12.3. The second-order valence-corrected chi connectivity index (χ2v) is 4.32. The molecule has 0 unspecified atom stereocenters. The average Bonchev–Trinajstić information content (AvgIpc) is 2.07. The predicted molar refractivity (Wildman–Crippen MR) is 56.7 cm³/mol. The van der Waals surface area contributed by atoms with Crippen LogP contribution in [0.2, 0.25) is 5.02 Å². The fourth-order valence-electron chi connectivity index (χ4n) is 1.35. The maximum atomic E-state index is 12.0. The normalized spacial score (nSPS) is 11.9. The van der Waals surface area contributed by atoms with E-state index in [0.29, 0.717) is 12.3 Å². The third-order valence-electron chi connectivity index (χ3n) is 1.87. The molecular formula is C11H12ClF3O. The fourth-order valence-corrected chi connectivity index (χ4v) is 1.51. The Hall–Kier alpha value is -0.900. The van der Waals surface area contributed by atoms with Gasteiger partial charge in [-0.2, -0.15) is 0 Å². The van der Waals surface area contributed by atoms with E-state index in [2.05, 4.69) is 4.74 Å². The van der Waals surface area contributed by atoms with Crippen LogP contribution in [0, 0.1) is 5.92 Å². The minimum Gasteiger partial charge on any atom is -0.404 e. The molecule has 0 atom stereocenters. The molecule has 1 rings (SSSR count). The van der Waals surface area contributed by atoms with Gasteiger partial charge >= 0.3 is 6.36 Å². The lowest BCUT2D eigenvalue weighted by Gasteiger charge is -2.12. The Morgan fingerprint density at radius 2 is 1.94 bits per heavy atom. The molecule has 0 aromatic heterocycles. The van der Waals surface area contributed by atoms with Crippen LogP contribution in [-0.4, -0.2) is 6.36 Å². The van der Waals surface area contributed by atoms with Crippen molar-refractivity contribution in [3.8, 4) is 5.75 Å². The first-order valence-electron chi connectivity index (χ1n) is 4.82. The van der Waals surface area contributed by atoms with Crippen LogP contribution in [0.5, 0.6) is 5.75 Å². The van der Waals surface area contributed by atoms with Crippen molar-refractivity contribution in [1.29, 1.82) is 0 Å². The summed E-state index contributed by atoms with van der Waals surface area (Å²) in [5.74, 6) is 0.0206. The molecule has 0 aliphatic carbocycles. The minimum absolute atomic E-state index is 0.0372. The smallest absolute Gasteiger partial charge is 0.404 e. The molecule has 0 spiro atoms. The number of ether oxygens (including phenoxy) is 1. The Balaban J connectivity index is 2.90. The van der Waals surface area contributed by atoms with Crippen LogP contribution in [-0.2, 0) is 6.42 Å². The van der Waals surface area contributed by atoms with Crippen LogP contribution < -0.4 is 4.74 Å². The Morgan fingerprint density at radius 1 is 1.31 bits per heavy atom. The second-order valence-electron chi connectivity index (χ2n) is 3.91. The molecule has 90 valence electrons. The lowest BCUT2D eigenvalue weighted by atomic mass is 10.0. The summed E-state index contributed by atoms with van der Waals surface area (Å²) < 4.78 is 39.9. The summed E-state index contributed by atoms with van der Waals surface area (Å²) in [6.07, 6.45) is -4.02. The van der Waals surface area contributed by atoms with Crippen LogP contribution in [0.25, 0.3) is 0 Å². The molecule has 0 saturated heterocycles. The standard InChI is InChI=1S/C11H12ClF3O/c1-7(2)5-8-3-4-9(12)10(6-8)16-11(13,14)15/h3-4,6-7H,5H2,1-2H3. The average molecular weight is 253 g/mol. The molecule has 0 heterocycles. The summed E-state index contributed by atoms with van der Waals surface area (Å²) in [5.41, 5.74) is 0.777. The summed E-state index contributed by atoms with van der Waals surface area (Å²) in [7, 11) is 0. The summed E-state index contributed by atoms with van der Waals surface area (Å²) in [4.78, 5) is 0. The molecule has 16 heavy (non-hydrogen) atoms. The largest absolute Gasteiger partial charge is 0.573 e. The molecule has 0 N–H and O–H groups in total. The van der Waals surface area contributed by atoms with Crippen LogP contribution in [0.3, 0.4) is 0 Å². The highest BCUT2D eigenvalue weighted by atomic mass is 35.5. The van der Waals surface area contributed by atoms with E-state index in [4.69, 9.17) is 11.6 Å². The molecule has 1 nitrogen and oxygen atoms in total. The summed E-state index contributed by atoms with van der Waals surface area (Å²) in [6.45, 7) is 3.97. The van der Waals surface area contributed by atoms with Crippen LogP contribution in [0.15, 0.2) is 18.2 Å². The van der Waals surface area contributed by atoms with Crippen molar-refractivity contribution in [1.82, 2.24) is 0 Å². The van der Waals surface area contributed by atoms with Gasteiger partial charge in [0, 0.05) is 0 Å². The molecule has 0 bridgehead atoms. The van der Waals surface area contributed by atoms with Gasteiger partial charge in [0.1, 0.15) is 5.75 Å². The van der Waals surface area contributed by atoms with Crippen molar-refractivity contribution in [2.24, 2.45) is 5.92 Å². The Morgan fingerprint density at radius 3 is 2.44 bits per heavy atom. The van der Waals surface area contributed by atoms with Gasteiger partial charge in [-0.25, -0.2) is 0 Å². The molecule has 0 amide bonds. The molecule has 0 saturated carbocycles. The second kappa shape index (κ2) is 4.95. The monoisotopic (exact) mass is 252 g/mol. The van der Waals surface area contributed by atoms with E-state index in [1.54, 1.807) is 6.07 Å². The highest BCUT2D eigenvalue weighted by Gasteiger charge is 2.32. The number of rotatable bonds is 3. The molecular weight excluding hydrogens is 241 g/mol. The molecule has 0 fully saturated rings. The minimum atomic E-state index is -4.71. The first-order valence-corrected chi connectivity index (χ1v) is 5.20. The van der Waals surface area contributed by atoms with Crippen LogP contribution in [0.1, 0.15) is 19.4 Å². The first-order chi connectivity index (χ1) is 7.28. The fraction of sp³-hybridized carbons (Fsp3) is 0.455. The van der Waals surface area contributed by atoms with Crippen LogP contribution >= 0.6 is 11.6 Å². The molecule has 5 heteroatoms. The number of hydrogen-bond acceptors (Lipinski definition) is 1. The van der Waals surface area contributed by atoms with Gasteiger partial charge in [-0.3, -0.25) is 0 Å². The number of halogens is 4. The Kier molecular flexibility index (Phi) is 4.08. The predicted octanol–water partition coefficient (Wildman–Crippen LogP) is 4.44. The molecule has 0 radical (unpaired) electrons. The summed E-state index contributed by atoms with van der Waals surface area (Å²) in [5, 5.41) is -0.0372. The third-order valence-corrected chi connectivity index (χ3v) is 2.18. The zero-order valence-electron chi connectivity index (χ0n) is 8.94. The van der Waals surface area contributed by atoms with Gasteiger partial charge in [0.05, 0.1) is 5.02 Å². The van der Waals surface area contributed by atoms with Crippen LogP contribution in [0.4, 0.5) is 13.2 Å². The quantitative estimate of drug-likeness (QED) is 0.773. The van der Waals surface area contributed by atoms with E-state index >= 15 is 0 Å². The van der Waals surface area contributed by atoms with Gasteiger partial charge in [0.25, 0.3) is 0 Å². The summed E-state index contributed by atoms with van der Waals surface area (Å²) in [6, 6.07) is 4.45. The Bertz CT molecular complexity index is 361. The van der Waals surface area contributed by atoms with Gasteiger partial charge in [-0.05, 0) is 30.0 Å². The van der Waals surface area contributed by atoms with E-state index in [9.17, 15) is 13.2 Å². The van der Waals surface area contributed by atoms with Gasteiger partial charge in [-0.15, -0.1) is 13.2 Å². The van der Waals surface area contributed by atoms with Crippen molar-refractivity contribution in [3.63, 3.8) is 0 Å². The topological polar surface area (TPSA) is 9.23 Å². The molecule has 1 aromatic rings. The lowest BCUT2D eigenvalue weighted by molar-refractivity contribution is -0.274. The van der Waals surface area contributed by atoms with Gasteiger partial charge in [0.2, 0.25) is 0 Å². The highest BCUT2D eigenvalue weighted by molar-refractivity contribution is 6.32. The van der Waals surface area contributed by atoms with E-state index in [1.165, 1.54) is 12.1 Å². The van der Waals surface area contributed by atoms with Crippen molar-refractivity contribution >= 4 is 11.6 Å². The van der Waals surface area contributed by atoms with E-state index in [0.717, 1.165) is 5.56 Å². The van der Waals surface area contributed by atoms with Gasteiger partial charge < -0.3 is 4.74 Å². The number of benzene rings is 1. The lowest BCUT2D eigenvalue weighted by Crippen LogP contribution is -2.17. The number of alkyl halides is 3. The molecule has 0 aliphatic rings. The van der Waals surface area contributed by atoms with Crippen molar-refractivity contribution in [2.75, 3.05) is 0 Å². The number of hydrogen-bond donors (Lipinski definition) is 0. The zero-order valence-corrected chi connectivity index (χ0v) is 9.69. The van der Waals surface area contributed by atoms with E-state index in [1.807, 2.05) is 13.8 Å². The van der Waals surface area contributed by atoms with E-state index < -0.39 is 6.36 Å². The maximum Gasteiger partial charge on any atom is 0.573 e. The van der Waals surface area contributed by atoms with Gasteiger partial charge in [0.15, 0.2) is 0 Å². The summed E-state index contributed by atoms with van der Waals surface area (Å²) >= 11 is 5.61. The van der Waals surface area contributed by atoms with Gasteiger partial charge in [-0.1, -0.05) is 31.5 Å². The van der Waals surface area contributed by atoms with E-state index in [-0.39, 0.29) is 10.8 Å². The maximum absolute atomic E-state index is 12.0. The van der Waals surface area contributed by atoms with Crippen molar-refractivity contribution in [3.05, 3.63) is 28.8 Å². The first kappa shape index (κ1) is 13.2. The Labute approximate surface area is 97.2 Å².